The first-order chi connectivity index (χ1) is 23.1. The molecular weight excluding hydrogens is 604 g/mol. The number of furan rings is 2. The van der Waals surface area contributed by atoms with E-state index in [0.29, 0.717) is 25.7 Å². The number of hydrogen-bond acceptors (Lipinski definition) is 6. The third kappa shape index (κ3) is 9.99. The molecule has 2 saturated carbocycles. The third-order valence-electron chi connectivity index (χ3n) is 8.53. The van der Waals surface area contributed by atoms with Crippen LogP contribution in [0.4, 0.5) is 0 Å². The van der Waals surface area contributed by atoms with Gasteiger partial charge in [-0.3, -0.25) is 9.59 Å². The summed E-state index contributed by atoms with van der Waals surface area (Å²) in [6.45, 7) is 4.03. The number of nitrogens with one attached hydrogen (secondary N) is 2. The van der Waals surface area contributed by atoms with E-state index in [-0.39, 0.29) is 35.4 Å². The fraction of sp³-hybridized carbons (Fsp3) is 0.350. The molecule has 248 valence electrons. The third-order valence-corrected chi connectivity index (χ3v) is 8.53. The molecule has 8 nitrogen and oxygen atoms in total. The molecule has 2 aromatic carbocycles. The fourth-order valence-corrected chi connectivity index (χ4v) is 6.13. The van der Waals surface area contributed by atoms with Crippen molar-refractivity contribution in [3.8, 4) is 23.7 Å². The van der Waals surface area contributed by atoms with Crippen molar-refractivity contribution < 1.29 is 28.6 Å². The molecule has 0 spiro atoms. The Morgan fingerprint density at radius 3 is 1.50 bits per heavy atom. The minimum absolute atomic E-state index is 0.104. The lowest BCUT2D eigenvalue weighted by molar-refractivity contribution is 0.0439. The first-order valence-corrected chi connectivity index (χ1v) is 16.4. The Hall–Kier alpha value is -5.02. The van der Waals surface area contributed by atoms with Gasteiger partial charge in [0, 0.05) is 36.1 Å². The molecule has 48 heavy (non-hydrogen) atoms. The summed E-state index contributed by atoms with van der Waals surface area (Å²) in [5.74, 6) is 12.2. The zero-order valence-corrected chi connectivity index (χ0v) is 27.4. The van der Waals surface area contributed by atoms with E-state index in [0.717, 1.165) is 47.9 Å². The van der Waals surface area contributed by atoms with Crippen molar-refractivity contribution in [2.75, 3.05) is 0 Å². The summed E-state index contributed by atoms with van der Waals surface area (Å²) < 4.78 is 10.2. The Labute approximate surface area is 281 Å². The predicted molar refractivity (Wildman–Crippen MR) is 183 cm³/mol. The van der Waals surface area contributed by atoms with Crippen LogP contribution in [0.1, 0.15) is 94.7 Å². The van der Waals surface area contributed by atoms with Crippen LogP contribution in [0.15, 0.2) is 94.2 Å². The van der Waals surface area contributed by atoms with Gasteiger partial charge in [-0.2, -0.15) is 0 Å². The van der Waals surface area contributed by atoms with Crippen LogP contribution in [0.25, 0.3) is 0 Å². The monoisotopic (exact) mass is 646 g/mol. The molecule has 0 unspecified atom stereocenters. The van der Waals surface area contributed by atoms with Crippen LogP contribution in [0.3, 0.4) is 0 Å². The fourth-order valence-electron chi connectivity index (χ4n) is 6.13. The molecule has 0 bridgehead atoms. The molecule has 4 aromatic rings. The quantitative estimate of drug-likeness (QED) is 0.199. The van der Waals surface area contributed by atoms with E-state index in [1.807, 2.05) is 62.4 Å². The van der Waals surface area contributed by atoms with Gasteiger partial charge in [0.15, 0.2) is 11.5 Å². The second-order valence-electron chi connectivity index (χ2n) is 12.8. The molecule has 4 N–H and O–H groups in total. The van der Waals surface area contributed by atoms with E-state index in [9.17, 15) is 19.8 Å². The highest BCUT2D eigenvalue weighted by molar-refractivity contribution is 5.92. The number of rotatable bonds is 4. The largest absolute Gasteiger partial charge is 0.459 e. The molecule has 2 aliphatic carbocycles. The first kappa shape index (κ1) is 34.3. The lowest BCUT2D eigenvalue weighted by atomic mass is 9.82. The molecule has 0 radical (unpaired) electrons. The SMILES string of the molecule is Cc1cccc(C#C[C@@]2(O)CCC[C@@H](NC(=O)c3ccco3)C2)c1.Cc1cccc(C#C[C@]2(O)CCC[C@H](NC(=O)c3ccco3)C2)c1. The zero-order valence-electron chi connectivity index (χ0n) is 27.4. The molecule has 0 aliphatic heterocycles. The van der Waals surface area contributed by atoms with Crippen molar-refractivity contribution >= 4 is 11.8 Å². The van der Waals surface area contributed by atoms with Gasteiger partial charge in [0.05, 0.1) is 12.5 Å². The number of benzene rings is 2. The average molecular weight is 647 g/mol. The van der Waals surface area contributed by atoms with Crippen LogP contribution in [0, 0.1) is 37.5 Å². The van der Waals surface area contributed by atoms with Crippen LogP contribution < -0.4 is 10.6 Å². The van der Waals surface area contributed by atoms with Gasteiger partial charge in [0.25, 0.3) is 11.8 Å². The molecule has 2 amide bonds. The van der Waals surface area contributed by atoms with Gasteiger partial charge in [0.1, 0.15) is 11.2 Å². The second kappa shape index (κ2) is 15.7. The van der Waals surface area contributed by atoms with Crippen LogP contribution in [-0.4, -0.2) is 45.3 Å². The summed E-state index contributed by atoms with van der Waals surface area (Å²) in [5.41, 5.74) is 1.93. The predicted octanol–water partition coefficient (Wildman–Crippen LogP) is 6.09. The maximum Gasteiger partial charge on any atom is 0.287 e. The minimum atomic E-state index is -1.07. The van der Waals surface area contributed by atoms with Crippen LogP contribution in [0.5, 0.6) is 0 Å². The van der Waals surface area contributed by atoms with E-state index in [1.54, 1.807) is 24.3 Å². The molecular formula is C40H42N2O6. The number of carbonyl (C=O) groups excluding carboxylic acids is 2. The van der Waals surface area contributed by atoms with E-state index in [2.05, 4.69) is 34.3 Å². The molecule has 6 rings (SSSR count). The highest BCUT2D eigenvalue weighted by atomic mass is 16.3. The number of aryl methyl sites for hydroxylation is 2. The normalized spacial score (nSPS) is 23.2. The van der Waals surface area contributed by atoms with Gasteiger partial charge in [0.2, 0.25) is 0 Å². The van der Waals surface area contributed by atoms with Gasteiger partial charge in [-0.1, -0.05) is 47.9 Å². The highest BCUT2D eigenvalue weighted by Gasteiger charge is 2.35. The molecule has 4 atom stereocenters. The molecule has 2 fully saturated rings. The van der Waals surface area contributed by atoms with Crippen molar-refractivity contribution in [2.45, 2.75) is 88.5 Å². The van der Waals surface area contributed by atoms with Crippen LogP contribution in [-0.2, 0) is 0 Å². The van der Waals surface area contributed by atoms with Crippen molar-refractivity contribution in [3.63, 3.8) is 0 Å². The first-order valence-electron chi connectivity index (χ1n) is 16.4. The van der Waals surface area contributed by atoms with Crippen molar-refractivity contribution in [3.05, 3.63) is 119 Å². The Morgan fingerprint density at radius 2 is 1.12 bits per heavy atom. The molecule has 2 aliphatic rings. The average Bonchev–Trinajstić information content (AvgIpc) is 3.80. The van der Waals surface area contributed by atoms with E-state index >= 15 is 0 Å². The number of carbonyl (C=O) groups is 2. The van der Waals surface area contributed by atoms with Gasteiger partial charge >= 0.3 is 0 Å². The van der Waals surface area contributed by atoms with Crippen molar-refractivity contribution in [1.82, 2.24) is 10.6 Å². The summed E-state index contributed by atoms with van der Waals surface area (Å²) in [7, 11) is 0. The lowest BCUT2D eigenvalue weighted by Gasteiger charge is -2.33. The van der Waals surface area contributed by atoms with Crippen LogP contribution >= 0.6 is 0 Å². The summed E-state index contributed by atoms with van der Waals surface area (Å²) in [6, 6.07) is 22.2. The molecule has 0 saturated heterocycles. The standard InChI is InChI=1S/2C20H21NO3/c2*1-15-5-2-6-16(13-15)9-11-20(23)10-3-7-17(14-20)21-19(22)18-8-4-12-24-18/h2*2,4-6,8,12-13,17,23H,3,7,10,14H2,1H3,(H,21,22)/t2*17-,20+/m10/s1. The van der Waals surface area contributed by atoms with Gasteiger partial charge in [-0.25, -0.2) is 0 Å². The van der Waals surface area contributed by atoms with Gasteiger partial charge in [-0.05, 0) is 112 Å². The van der Waals surface area contributed by atoms with Crippen molar-refractivity contribution in [1.29, 1.82) is 0 Å². The Bertz CT molecular complexity index is 1670. The maximum atomic E-state index is 12.1. The molecule has 8 heteroatoms. The number of amides is 2. The summed E-state index contributed by atoms with van der Waals surface area (Å²) in [4.78, 5) is 24.2. The summed E-state index contributed by atoms with van der Waals surface area (Å²) in [5, 5.41) is 27.4. The topological polar surface area (TPSA) is 125 Å². The van der Waals surface area contributed by atoms with E-state index in [4.69, 9.17) is 8.83 Å². The Morgan fingerprint density at radius 1 is 0.688 bits per heavy atom. The van der Waals surface area contributed by atoms with Crippen LogP contribution in [0.2, 0.25) is 0 Å². The lowest BCUT2D eigenvalue weighted by Crippen LogP contribution is -2.45. The maximum absolute atomic E-state index is 12.1. The summed E-state index contributed by atoms with van der Waals surface area (Å²) >= 11 is 0. The number of aliphatic hydroxyl groups is 2. The zero-order chi connectivity index (χ0) is 34.0. The summed E-state index contributed by atoms with van der Waals surface area (Å²) in [6.07, 6.45) is 8.36. The molecule has 2 heterocycles. The molecule has 2 aromatic heterocycles. The van der Waals surface area contributed by atoms with Gasteiger partial charge in [-0.15, -0.1) is 0 Å². The Balaban J connectivity index is 0.000000188. The smallest absolute Gasteiger partial charge is 0.287 e. The van der Waals surface area contributed by atoms with Crippen molar-refractivity contribution in [2.24, 2.45) is 0 Å². The van der Waals surface area contributed by atoms with Gasteiger partial charge < -0.3 is 29.7 Å². The highest BCUT2D eigenvalue weighted by Crippen LogP contribution is 2.29. The van der Waals surface area contributed by atoms with E-state index < -0.39 is 11.2 Å². The second-order valence-corrected chi connectivity index (χ2v) is 12.8. The minimum Gasteiger partial charge on any atom is -0.459 e. The van der Waals surface area contributed by atoms with E-state index in [1.165, 1.54) is 12.5 Å². The Kier molecular flexibility index (Phi) is 11.2. The number of hydrogen-bond donors (Lipinski definition) is 4.